The average molecular weight is 319 g/mol. The van der Waals surface area contributed by atoms with Crippen molar-refractivity contribution in [2.24, 2.45) is 0 Å². The van der Waals surface area contributed by atoms with E-state index in [1.165, 1.54) is 0 Å². The van der Waals surface area contributed by atoms with Crippen LogP contribution in [-0.2, 0) is 0 Å². The van der Waals surface area contributed by atoms with Crippen LogP contribution in [0.1, 0.15) is 0 Å². The third-order valence-electron chi connectivity index (χ3n) is 0.667. The first-order valence-electron chi connectivity index (χ1n) is 2.00. The van der Waals surface area contributed by atoms with E-state index in [0.29, 0.717) is 0 Å². The second kappa shape index (κ2) is 11.6. The van der Waals surface area contributed by atoms with Gasteiger partial charge < -0.3 is 0 Å². The maximum atomic E-state index is 2.00. The van der Waals surface area contributed by atoms with Crippen molar-refractivity contribution in [2.45, 2.75) is 0 Å². The minimum atomic E-state index is 0. The van der Waals surface area contributed by atoms with Gasteiger partial charge in [0.15, 0.2) is 0 Å². The van der Waals surface area contributed by atoms with Gasteiger partial charge in [0.1, 0.15) is 0 Å². The van der Waals surface area contributed by atoms with Crippen LogP contribution in [0.4, 0.5) is 0 Å². The van der Waals surface area contributed by atoms with Gasteiger partial charge in [0.2, 0.25) is 0 Å². The van der Waals surface area contributed by atoms with Gasteiger partial charge in [-0.3, -0.25) is 0 Å². The van der Waals surface area contributed by atoms with Gasteiger partial charge >= 0.3 is 37.0 Å². The third-order valence-corrected chi connectivity index (χ3v) is 0.667. The Hall–Kier alpha value is 0.855. The molecule has 1 aromatic heterocycles. The zero-order valence-corrected chi connectivity index (χ0v) is 9.83. The van der Waals surface area contributed by atoms with E-state index in [0.717, 1.165) is 0 Å². The molecule has 4 heteroatoms. The van der Waals surface area contributed by atoms with Crippen molar-refractivity contribution in [2.75, 3.05) is 0 Å². The third kappa shape index (κ3) is 8.85. The zero-order valence-electron chi connectivity index (χ0n) is 4.69. The Balaban J connectivity index is -0.000000120. The summed E-state index contributed by atoms with van der Waals surface area (Å²) >= 11 is 0. The topological polar surface area (TPSA) is 0 Å². The van der Waals surface area contributed by atoms with Crippen LogP contribution in [0.5, 0.6) is 0 Å². The molecule has 0 radical (unpaired) electrons. The molecule has 0 saturated heterocycles. The van der Waals surface area contributed by atoms with Crippen LogP contribution in [0.3, 0.4) is 0 Å². The Morgan fingerprint density at radius 2 is 1.11 bits per heavy atom. The summed E-state index contributed by atoms with van der Waals surface area (Å²) in [4.78, 5) is 0. The quantitative estimate of drug-likeness (QED) is 0.690. The second-order valence-electron chi connectivity index (χ2n) is 1.15. The molecule has 0 bridgehead atoms. The van der Waals surface area contributed by atoms with Gasteiger partial charge in [-0.1, -0.05) is 0 Å². The van der Waals surface area contributed by atoms with E-state index in [1.807, 2.05) is 37.0 Å². The van der Waals surface area contributed by atoms with Gasteiger partial charge in [0.05, 0.1) is 0 Å². The number of hydrogen-bond acceptors (Lipinski definition) is 0. The van der Waals surface area contributed by atoms with Crippen molar-refractivity contribution in [3.8, 4) is 0 Å². The fourth-order valence-corrected chi connectivity index (χ4v) is 0.385. The fourth-order valence-electron chi connectivity index (χ4n) is 0.385. The molecule has 1 rings (SSSR count). The molecule has 0 unspecified atom stereocenters. The minimum absolute atomic E-state index is 0. The number of hydrogen-bond donors (Lipinski definition) is 0. The van der Waals surface area contributed by atoms with Gasteiger partial charge in [-0.2, -0.15) is 0 Å². The molecule has 0 saturated carbocycles. The predicted octanol–water partition coefficient (Wildman–Crippen LogP) is 2.76. The molecule has 0 aliphatic carbocycles. The summed E-state index contributed by atoms with van der Waals surface area (Å²) in [5.74, 6) is 4.00. The molecular formula is C5H8BBr3. The Bertz CT molecular complexity index is 84.1. The van der Waals surface area contributed by atoms with E-state index >= 15 is 0 Å². The molecule has 0 atom stereocenters. The Kier molecular flexibility index (Phi) is 21.2. The van der Waals surface area contributed by atoms with Crippen LogP contribution in [0.15, 0.2) is 30.1 Å². The van der Waals surface area contributed by atoms with Crippen LogP contribution < -0.4 is 0 Å². The first-order valence-corrected chi connectivity index (χ1v) is 2.00. The molecule has 1 heterocycles. The van der Waals surface area contributed by atoms with Crippen LogP contribution >= 0.6 is 50.9 Å². The van der Waals surface area contributed by atoms with Crippen LogP contribution in [0, 0.1) is 0 Å². The zero-order chi connectivity index (χ0) is 4.24. The summed E-state index contributed by atoms with van der Waals surface area (Å²) in [6.07, 6.45) is 0. The van der Waals surface area contributed by atoms with Crippen molar-refractivity contribution < 1.29 is 0 Å². The summed E-state index contributed by atoms with van der Waals surface area (Å²) in [6, 6.07) is 6.00. The SMILES string of the molecule is Br.Br.Br.b1ccccc1. The van der Waals surface area contributed by atoms with Crippen molar-refractivity contribution in [3.05, 3.63) is 30.1 Å². The van der Waals surface area contributed by atoms with E-state index in [1.54, 1.807) is 0 Å². The molecule has 9 heavy (non-hydrogen) atoms. The van der Waals surface area contributed by atoms with Crippen molar-refractivity contribution in [1.29, 1.82) is 0 Å². The molecule has 1 aromatic rings. The number of halogens is 3. The van der Waals surface area contributed by atoms with Gasteiger partial charge in [0, 0.05) is 0 Å². The van der Waals surface area contributed by atoms with E-state index in [4.69, 9.17) is 0 Å². The Labute approximate surface area is 87.6 Å². The van der Waals surface area contributed by atoms with Crippen molar-refractivity contribution >= 4 is 57.9 Å². The monoisotopic (exact) mass is 316 g/mol. The summed E-state index contributed by atoms with van der Waals surface area (Å²) in [7, 11) is 0. The van der Waals surface area contributed by atoms with Crippen LogP contribution in [0.25, 0.3) is 0 Å². The fraction of sp³-hybridized carbons (Fsp3) is 0. The molecule has 0 N–H and O–H groups in total. The van der Waals surface area contributed by atoms with E-state index in [9.17, 15) is 0 Å². The van der Waals surface area contributed by atoms with Crippen molar-refractivity contribution in [3.63, 3.8) is 0 Å². The van der Waals surface area contributed by atoms with Gasteiger partial charge in [-0.25, -0.2) is 0 Å². The maximum absolute atomic E-state index is 2.00. The van der Waals surface area contributed by atoms with Gasteiger partial charge in [-0.05, 0) is 0 Å². The van der Waals surface area contributed by atoms with Crippen LogP contribution in [0.2, 0.25) is 0 Å². The van der Waals surface area contributed by atoms with E-state index in [2.05, 4.69) is 0 Å². The molecule has 0 aliphatic heterocycles. The van der Waals surface area contributed by atoms with E-state index in [-0.39, 0.29) is 50.9 Å². The average Bonchev–Trinajstić information content (AvgIpc) is 1.72. The van der Waals surface area contributed by atoms with Gasteiger partial charge in [0.25, 0.3) is 0 Å². The second-order valence-corrected chi connectivity index (χ2v) is 1.15. The summed E-state index contributed by atoms with van der Waals surface area (Å²) in [6.45, 7) is 2.00. The molecular weight excluding hydrogens is 311 g/mol. The molecule has 0 aliphatic rings. The summed E-state index contributed by atoms with van der Waals surface area (Å²) in [5, 5.41) is 0. The molecule has 0 amide bonds. The van der Waals surface area contributed by atoms with Crippen LogP contribution in [-0.4, -0.2) is 6.91 Å². The predicted molar refractivity (Wildman–Crippen MR) is 58.8 cm³/mol. The molecule has 52 valence electrons. The molecule has 0 aromatic carbocycles. The summed E-state index contributed by atoms with van der Waals surface area (Å²) < 4.78 is 0. The number of rotatable bonds is 0. The summed E-state index contributed by atoms with van der Waals surface area (Å²) in [5.41, 5.74) is 0. The van der Waals surface area contributed by atoms with Gasteiger partial charge in [-0.15, -0.1) is 50.9 Å². The van der Waals surface area contributed by atoms with E-state index < -0.39 is 0 Å². The Morgan fingerprint density at radius 3 is 1.22 bits per heavy atom. The standard InChI is InChI=1S/C5H5B.3BrH/c1-2-4-6-5-3-1;;;/h1-5H;3*1H. The first-order chi connectivity index (χ1) is 3.00. The first kappa shape index (κ1) is 16.4. The van der Waals surface area contributed by atoms with Crippen molar-refractivity contribution in [1.82, 2.24) is 0 Å². The molecule has 0 spiro atoms. The molecule has 0 fully saturated rings. The molecule has 0 nitrogen and oxygen atoms in total. The normalized spacial score (nSPS) is 4.89. The Morgan fingerprint density at radius 1 is 0.667 bits per heavy atom.